The van der Waals surface area contributed by atoms with Crippen molar-refractivity contribution in [3.05, 3.63) is 35.9 Å². The standard InChI is InChI=1S/C11H12O5S/c1-8(12)11(13)16-7-10(17(14)15)9-5-3-2-4-6-9/h2-6,10H,7H2,1H3,(H,14,15). The van der Waals surface area contributed by atoms with Gasteiger partial charge in [-0.2, -0.15) is 0 Å². The van der Waals surface area contributed by atoms with E-state index in [0.717, 1.165) is 6.92 Å². The highest BCUT2D eigenvalue weighted by atomic mass is 32.2. The van der Waals surface area contributed by atoms with Gasteiger partial charge in [-0.05, 0) is 5.56 Å². The van der Waals surface area contributed by atoms with Crippen LogP contribution in [-0.2, 0) is 25.4 Å². The third kappa shape index (κ3) is 4.08. The fourth-order valence-electron chi connectivity index (χ4n) is 1.19. The van der Waals surface area contributed by atoms with Crippen LogP contribution >= 0.6 is 0 Å². The van der Waals surface area contributed by atoms with Crippen molar-refractivity contribution in [3.8, 4) is 0 Å². The maximum atomic E-state index is 11.1. The van der Waals surface area contributed by atoms with Gasteiger partial charge in [-0.25, -0.2) is 9.00 Å². The molecular formula is C11H12O5S. The Morgan fingerprint density at radius 2 is 1.94 bits per heavy atom. The van der Waals surface area contributed by atoms with Crippen LogP contribution in [0.2, 0.25) is 0 Å². The predicted octanol–water partition coefficient (Wildman–Crippen LogP) is 1.08. The number of ketones is 1. The molecule has 0 bridgehead atoms. The second-order valence-corrected chi connectivity index (χ2v) is 4.45. The lowest BCUT2D eigenvalue weighted by atomic mass is 10.1. The van der Waals surface area contributed by atoms with E-state index in [1.54, 1.807) is 30.3 Å². The van der Waals surface area contributed by atoms with Gasteiger partial charge in [-0.3, -0.25) is 4.79 Å². The van der Waals surface area contributed by atoms with Crippen LogP contribution in [-0.4, -0.2) is 27.1 Å². The van der Waals surface area contributed by atoms with E-state index in [1.165, 1.54) is 0 Å². The minimum atomic E-state index is -2.17. The van der Waals surface area contributed by atoms with Crippen molar-refractivity contribution in [2.75, 3.05) is 6.61 Å². The monoisotopic (exact) mass is 256 g/mol. The van der Waals surface area contributed by atoms with Crippen LogP contribution in [0.1, 0.15) is 17.7 Å². The highest BCUT2D eigenvalue weighted by molar-refractivity contribution is 7.79. The van der Waals surface area contributed by atoms with Crippen molar-refractivity contribution in [2.45, 2.75) is 12.2 Å². The Morgan fingerprint density at radius 3 is 2.41 bits per heavy atom. The molecule has 0 fully saturated rings. The second-order valence-electron chi connectivity index (χ2n) is 3.33. The maximum absolute atomic E-state index is 11.1. The zero-order valence-electron chi connectivity index (χ0n) is 9.16. The minimum absolute atomic E-state index is 0.300. The largest absolute Gasteiger partial charge is 0.458 e. The Kier molecular flexibility index (Phi) is 4.99. The molecule has 0 saturated heterocycles. The molecule has 0 radical (unpaired) electrons. The lowest BCUT2D eigenvalue weighted by molar-refractivity contribution is -0.152. The van der Waals surface area contributed by atoms with Gasteiger partial charge in [0.25, 0.3) is 0 Å². The molecule has 0 aromatic heterocycles. The summed E-state index contributed by atoms with van der Waals surface area (Å²) in [6.07, 6.45) is 0. The smallest absolute Gasteiger partial charge is 0.374 e. The topological polar surface area (TPSA) is 80.7 Å². The van der Waals surface area contributed by atoms with Gasteiger partial charge in [0.2, 0.25) is 5.78 Å². The number of hydrogen-bond acceptors (Lipinski definition) is 4. The lowest BCUT2D eigenvalue weighted by Crippen LogP contribution is -2.20. The summed E-state index contributed by atoms with van der Waals surface area (Å²) in [5.41, 5.74) is 0.574. The average Bonchev–Trinajstić information content (AvgIpc) is 2.29. The number of carbonyl (C=O) groups is 2. The molecule has 0 heterocycles. The second kappa shape index (κ2) is 6.27. The van der Waals surface area contributed by atoms with E-state index < -0.39 is 28.1 Å². The molecule has 5 nitrogen and oxygen atoms in total. The molecule has 0 aliphatic heterocycles. The van der Waals surface area contributed by atoms with Crippen molar-refractivity contribution in [1.29, 1.82) is 0 Å². The Labute approximate surface area is 101 Å². The van der Waals surface area contributed by atoms with E-state index in [2.05, 4.69) is 4.74 Å². The van der Waals surface area contributed by atoms with Crippen LogP contribution in [0.15, 0.2) is 30.3 Å². The van der Waals surface area contributed by atoms with E-state index in [0.29, 0.717) is 5.56 Å². The zero-order valence-corrected chi connectivity index (χ0v) is 9.98. The van der Waals surface area contributed by atoms with Crippen LogP contribution in [0.25, 0.3) is 0 Å². The van der Waals surface area contributed by atoms with E-state index >= 15 is 0 Å². The summed E-state index contributed by atoms with van der Waals surface area (Å²) >= 11 is -2.17. The van der Waals surface area contributed by atoms with Crippen LogP contribution in [0.5, 0.6) is 0 Å². The third-order valence-electron chi connectivity index (χ3n) is 2.07. The normalized spacial score (nSPS) is 13.8. The van der Waals surface area contributed by atoms with Crippen molar-refractivity contribution in [1.82, 2.24) is 0 Å². The summed E-state index contributed by atoms with van der Waals surface area (Å²) in [5.74, 6) is -1.74. The molecule has 92 valence electrons. The number of rotatable bonds is 5. The lowest BCUT2D eigenvalue weighted by Gasteiger charge is -2.12. The highest BCUT2D eigenvalue weighted by Gasteiger charge is 2.20. The fourth-order valence-corrected chi connectivity index (χ4v) is 1.77. The number of carbonyl (C=O) groups excluding carboxylic acids is 2. The average molecular weight is 256 g/mol. The van der Waals surface area contributed by atoms with Crippen molar-refractivity contribution in [3.63, 3.8) is 0 Å². The van der Waals surface area contributed by atoms with Gasteiger partial charge >= 0.3 is 5.97 Å². The van der Waals surface area contributed by atoms with Gasteiger partial charge < -0.3 is 9.29 Å². The molecule has 0 saturated carbocycles. The Morgan fingerprint density at radius 1 is 1.35 bits per heavy atom. The van der Waals surface area contributed by atoms with E-state index in [1.807, 2.05) is 0 Å². The molecular weight excluding hydrogens is 244 g/mol. The molecule has 0 aliphatic carbocycles. The molecule has 6 heteroatoms. The number of esters is 1. The van der Waals surface area contributed by atoms with Gasteiger partial charge in [0.1, 0.15) is 11.9 Å². The molecule has 2 atom stereocenters. The summed E-state index contributed by atoms with van der Waals surface area (Å²) in [5, 5.41) is -0.848. The number of benzene rings is 1. The highest BCUT2D eigenvalue weighted by Crippen LogP contribution is 2.18. The van der Waals surface area contributed by atoms with Gasteiger partial charge in [0, 0.05) is 6.92 Å². The Balaban J connectivity index is 2.72. The van der Waals surface area contributed by atoms with Gasteiger partial charge in [-0.1, -0.05) is 30.3 Å². The molecule has 0 amide bonds. The molecule has 2 unspecified atom stereocenters. The summed E-state index contributed by atoms with van der Waals surface area (Å²) in [7, 11) is 0. The van der Waals surface area contributed by atoms with E-state index in [4.69, 9.17) is 4.55 Å². The molecule has 1 aromatic carbocycles. The summed E-state index contributed by atoms with van der Waals surface area (Å²) in [6.45, 7) is 0.779. The van der Waals surface area contributed by atoms with Crippen molar-refractivity contribution >= 4 is 22.8 Å². The van der Waals surface area contributed by atoms with Crippen molar-refractivity contribution < 1.29 is 23.1 Å². The maximum Gasteiger partial charge on any atom is 0.374 e. The van der Waals surface area contributed by atoms with E-state index in [9.17, 15) is 13.8 Å². The predicted molar refractivity (Wildman–Crippen MR) is 61.6 cm³/mol. The molecule has 1 aromatic rings. The van der Waals surface area contributed by atoms with Crippen LogP contribution < -0.4 is 0 Å². The Hall–Kier alpha value is -1.53. The van der Waals surface area contributed by atoms with Crippen LogP contribution in [0.3, 0.4) is 0 Å². The Bertz CT molecular complexity index is 429. The quantitative estimate of drug-likeness (QED) is 0.484. The first-order valence-electron chi connectivity index (χ1n) is 4.84. The summed E-state index contributed by atoms with van der Waals surface area (Å²) in [6, 6.07) is 8.49. The molecule has 1 rings (SSSR count). The number of ether oxygens (including phenoxy) is 1. The number of hydrogen-bond donors (Lipinski definition) is 1. The minimum Gasteiger partial charge on any atom is -0.458 e. The first-order valence-corrected chi connectivity index (χ1v) is 6.01. The SMILES string of the molecule is CC(=O)C(=O)OCC(c1ccccc1)S(=O)O. The molecule has 0 spiro atoms. The molecule has 0 aliphatic rings. The van der Waals surface area contributed by atoms with Crippen LogP contribution in [0.4, 0.5) is 0 Å². The number of Topliss-reactive ketones (excluding diaryl/α,β-unsaturated/α-hetero) is 1. The fraction of sp³-hybridized carbons (Fsp3) is 0.273. The molecule has 1 N–H and O–H groups in total. The molecule has 17 heavy (non-hydrogen) atoms. The first kappa shape index (κ1) is 13.5. The van der Waals surface area contributed by atoms with Gasteiger partial charge in [-0.15, -0.1) is 0 Å². The van der Waals surface area contributed by atoms with Gasteiger partial charge in [0.05, 0.1) is 0 Å². The zero-order chi connectivity index (χ0) is 12.8. The summed E-state index contributed by atoms with van der Waals surface area (Å²) < 4.78 is 24.9. The van der Waals surface area contributed by atoms with Crippen LogP contribution in [0, 0.1) is 0 Å². The third-order valence-corrected chi connectivity index (χ3v) is 2.96. The van der Waals surface area contributed by atoms with E-state index in [-0.39, 0.29) is 6.61 Å². The first-order chi connectivity index (χ1) is 8.02. The van der Waals surface area contributed by atoms with Crippen molar-refractivity contribution in [2.24, 2.45) is 0 Å². The summed E-state index contributed by atoms with van der Waals surface area (Å²) in [4.78, 5) is 21.6. The van der Waals surface area contributed by atoms with Gasteiger partial charge in [0.15, 0.2) is 11.1 Å².